The zero-order chi connectivity index (χ0) is 18.1. The largest absolute Gasteiger partial charge is 0.355 e. The number of halogens is 2. The van der Waals surface area contributed by atoms with Crippen LogP contribution in [0.1, 0.15) is 49.0 Å². The molecule has 2 aliphatic rings. The second-order valence-corrected chi connectivity index (χ2v) is 8.63. The van der Waals surface area contributed by atoms with Gasteiger partial charge in [0, 0.05) is 28.5 Å². The molecule has 8 heteroatoms. The van der Waals surface area contributed by atoms with Gasteiger partial charge in [-0.25, -0.2) is 0 Å². The number of benzene rings is 1. The molecule has 0 atom stereocenters. The SMILES string of the molecule is O=C(CSc1nnc(C2CC2)n1C1CC1)NCCc1ccc(Cl)cc1Cl. The van der Waals surface area contributed by atoms with Gasteiger partial charge in [0.05, 0.1) is 5.75 Å². The molecular weight excluding hydrogens is 391 g/mol. The van der Waals surface area contributed by atoms with Crippen LogP contribution in [-0.4, -0.2) is 33.0 Å². The molecule has 1 aromatic carbocycles. The van der Waals surface area contributed by atoms with Gasteiger partial charge in [0.2, 0.25) is 5.91 Å². The molecule has 1 amide bonds. The molecule has 138 valence electrons. The van der Waals surface area contributed by atoms with E-state index in [0.29, 0.717) is 40.7 Å². The Morgan fingerprint density at radius 1 is 1.23 bits per heavy atom. The number of rotatable bonds is 8. The van der Waals surface area contributed by atoms with Crippen molar-refractivity contribution in [2.75, 3.05) is 12.3 Å². The Kier molecular flexibility index (Phi) is 5.43. The van der Waals surface area contributed by atoms with Crippen LogP contribution in [0.25, 0.3) is 0 Å². The van der Waals surface area contributed by atoms with Gasteiger partial charge in [-0.05, 0) is 49.8 Å². The fraction of sp³-hybridized carbons (Fsp3) is 0.500. The molecule has 0 bridgehead atoms. The van der Waals surface area contributed by atoms with Gasteiger partial charge in [-0.2, -0.15) is 0 Å². The first-order chi connectivity index (χ1) is 12.6. The fourth-order valence-corrected chi connectivity index (χ4v) is 4.27. The summed E-state index contributed by atoms with van der Waals surface area (Å²) >= 11 is 13.5. The molecule has 2 fully saturated rings. The zero-order valence-corrected chi connectivity index (χ0v) is 16.6. The zero-order valence-electron chi connectivity index (χ0n) is 14.3. The van der Waals surface area contributed by atoms with Gasteiger partial charge in [0.15, 0.2) is 5.16 Å². The van der Waals surface area contributed by atoms with Crippen LogP contribution >= 0.6 is 35.0 Å². The summed E-state index contributed by atoms with van der Waals surface area (Å²) in [5.41, 5.74) is 0.978. The maximum Gasteiger partial charge on any atom is 0.230 e. The van der Waals surface area contributed by atoms with Gasteiger partial charge >= 0.3 is 0 Å². The molecule has 0 aliphatic heterocycles. The van der Waals surface area contributed by atoms with Gasteiger partial charge in [-0.1, -0.05) is 41.0 Å². The Hall–Kier alpha value is -1.24. The number of hydrogen-bond acceptors (Lipinski definition) is 4. The molecule has 0 saturated heterocycles. The molecule has 2 saturated carbocycles. The number of carbonyl (C=O) groups is 1. The van der Waals surface area contributed by atoms with E-state index in [2.05, 4.69) is 20.1 Å². The van der Waals surface area contributed by atoms with E-state index in [1.165, 1.54) is 37.4 Å². The van der Waals surface area contributed by atoms with Crippen molar-refractivity contribution in [2.45, 2.75) is 49.2 Å². The molecular formula is C18H20Cl2N4OS. The quantitative estimate of drug-likeness (QED) is 0.660. The van der Waals surface area contributed by atoms with Crippen LogP contribution < -0.4 is 5.32 Å². The second-order valence-electron chi connectivity index (χ2n) is 6.84. The van der Waals surface area contributed by atoms with Crippen molar-refractivity contribution >= 4 is 40.9 Å². The molecule has 2 aliphatic carbocycles. The third-order valence-electron chi connectivity index (χ3n) is 4.61. The lowest BCUT2D eigenvalue weighted by Crippen LogP contribution is -2.27. The molecule has 1 aromatic heterocycles. The highest BCUT2D eigenvalue weighted by Crippen LogP contribution is 2.45. The van der Waals surface area contributed by atoms with Crippen LogP contribution in [0.3, 0.4) is 0 Å². The average Bonchev–Trinajstić information content (AvgIpc) is 3.53. The first-order valence-corrected chi connectivity index (χ1v) is 10.6. The van der Waals surface area contributed by atoms with Gasteiger partial charge in [-0.3, -0.25) is 4.79 Å². The summed E-state index contributed by atoms with van der Waals surface area (Å²) in [5.74, 6) is 2.05. The van der Waals surface area contributed by atoms with Crippen molar-refractivity contribution in [2.24, 2.45) is 0 Å². The van der Waals surface area contributed by atoms with Crippen LogP contribution in [0, 0.1) is 0 Å². The molecule has 0 spiro atoms. The predicted octanol–water partition coefficient (Wildman–Crippen LogP) is 4.25. The molecule has 26 heavy (non-hydrogen) atoms. The average molecular weight is 411 g/mol. The number of carbonyl (C=O) groups excluding carboxylic acids is 1. The number of thioether (sulfide) groups is 1. The highest BCUT2D eigenvalue weighted by Gasteiger charge is 2.36. The van der Waals surface area contributed by atoms with E-state index in [4.69, 9.17) is 23.2 Å². The number of amides is 1. The normalized spacial score (nSPS) is 16.7. The van der Waals surface area contributed by atoms with Crippen molar-refractivity contribution in [3.8, 4) is 0 Å². The van der Waals surface area contributed by atoms with Crippen LogP contribution in [0.5, 0.6) is 0 Å². The Morgan fingerprint density at radius 3 is 2.73 bits per heavy atom. The van der Waals surface area contributed by atoms with E-state index in [-0.39, 0.29) is 5.91 Å². The lowest BCUT2D eigenvalue weighted by atomic mass is 10.1. The molecule has 2 aromatic rings. The minimum Gasteiger partial charge on any atom is -0.355 e. The van der Waals surface area contributed by atoms with E-state index in [1.54, 1.807) is 6.07 Å². The summed E-state index contributed by atoms with van der Waals surface area (Å²) in [6.45, 7) is 0.545. The topological polar surface area (TPSA) is 59.8 Å². The minimum atomic E-state index is -0.00148. The Bertz CT molecular complexity index is 818. The van der Waals surface area contributed by atoms with Crippen LogP contribution in [-0.2, 0) is 11.2 Å². The van der Waals surface area contributed by atoms with E-state index < -0.39 is 0 Å². The highest BCUT2D eigenvalue weighted by molar-refractivity contribution is 7.99. The summed E-state index contributed by atoms with van der Waals surface area (Å²) in [7, 11) is 0. The monoisotopic (exact) mass is 410 g/mol. The predicted molar refractivity (Wildman–Crippen MR) is 104 cm³/mol. The lowest BCUT2D eigenvalue weighted by Gasteiger charge is -2.09. The van der Waals surface area contributed by atoms with E-state index in [0.717, 1.165) is 16.5 Å². The maximum absolute atomic E-state index is 12.2. The molecule has 1 N–H and O–H groups in total. The van der Waals surface area contributed by atoms with Crippen LogP contribution in [0.15, 0.2) is 23.4 Å². The Labute approximate surface area is 166 Å². The highest BCUT2D eigenvalue weighted by atomic mass is 35.5. The van der Waals surface area contributed by atoms with Gasteiger partial charge in [-0.15, -0.1) is 10.2 Å². The van der Waals surface area contributed by atoms with E-state index in [1.807, 2.05) is 12.1 Å². The maximum atomic E-state index is 12.2. The smallest absolute Gasteiger partial charge is 0.230 e. The third-order valence-corrected chi connectivity index (χ3v) is 6.14. The van der Waals surface area contributed by atoms with Crippen LogP contribution in [0.2, 0.25) is 10.0 Å². The molecule has 5 nitrogen and oxygen atoms in total. The second kappa shape index (κ2) is 7.79. The minimum absolute atomic E-state index is 0.00148. The first-order valence-electron chi connectivity index (χ1n) is 8.90. The summed E-state index contributed by atoms with van der Waals surface area (Å²) in [6.07, 6.45) is 5.49. The van der Waals surface area contributed by atoms with Crippen molar-refractivity contribution < 1.29 is 4.79 Å². The molecule has 0 unspecified atom stereocenters. The van der Waals surface area contributed by atoms with Gasteiger partial charge in [0.25, 0.3) is 0 Å². The van der Waals surface area contributed by atoms with E-state index in [9.17, 15) is 4.79 Å². The summed E-state index contributed by atoms with van der Waals surface area (Å²) in [5, 5.41) is 13.8. The van der Waals surface area contributed by atoms with Crippen LogP contribution in [0.4, 0.5) is 0 Å². The standard InChI is InChI=1S/C18H20Cl2N4OS/c19-13-4-3-11(15(20)9-13)7-8-21-16(25)10-26-18-23-22-17(12-1-2-12)24(18)14-5-6-14/h3-4,9,12,14H,1-2,5-8,10H2,(H,21,25). The summed E-state index contributed by atoms with van der Waals surface area (Å²) in [4.78, 5) is 12.2. The first kappa shape index (κ1) is 18.1. The summed E-state index contributed by atoms with van der Waals surface area (Å²) < 4.78 is 2.27. The number of hydrogen-bond donors (Lipinski definition) is 1. The number of nitrogens with one attached hydrogen (secondary N) is 1. The molecule has 1 heterocycles. The summed E-state index contributed by atoms with van der Waals surface area (Å²) in [6, 6.07) is 5.96. The van der Waals surface area contributed by atoms with Crippen molar-refractivity contribution in [1.29, 1.82) is 0 Å². The Balaban J connectivity index is 1.27. The lowest BCUT2D eigenvalue weighted by molar-refractivity contribution is -0.118. The van der Waals surface area contributed by atoms with Crippen molar-refractivity contribution in [3.63, 3.8) is 0 Å². The Morgan fingerprint density at radius 2 is 2.04 bits per heavy atom. The van der Waals surface area contributed by atoms with E-state index >= 15 is 0 Å². The fourth-order valence-electron chi connectivity index (χ4n) is 2.92. The third kappa shape index (κ3) is 4.35. The number of aromatic nitrogens is 3. The molecule has 0 radical (unpaired) electrons. The van der Waals surface area contributed by atoms with Crippen molar-refractivity contribution in [1.82, 2.24) is 20.1 Å². The molecule has 4 rings (SSSR count). The number of nitrogens with zero attached hydrogens (tertiary/aromatic N) is 3. The van der Waals surface area contributed by atoms with Crippen molar-refractivity contribution in [3.05, 3.63) is 39.6 Å². The van der Waals surface area contributed by atoms with Gasteiger partial charge < -0.3 is 9.88 Å². The van der Waals surface area contributed by atoms with Gasteiger partial charge in [0.1, 0.15) is 5.82 Å².